The molecule has 0 unspecified atom stereocenters. The highest BCUT2D eigenvalue weighted by Gasteiger charge is 2.41. The van der Waals surface area contributed by atoms with E-state index in [0.29, 0.717) is 14.7 Å². The Labute approximate surface area is 194 Å². The zero-order valence-electron chi connectivity index (χ0n) is 18.0. The first kappa shape index (κ1) is 23.2. The molecule has 0 radical (unpaired) electrons. The Balaban J connectivity index is 2.11. The largest absolute Gasteiger partial charge is 0.313 e. The van der Waals surface area contributed by atoms with Gasteiger partial charge < -0.3 is 0 Å². The lowest BCUT2D eigenvalue weighted by Crippen LogP contribution is -2.18. The second-order valence-corrected chi connectivity index (χ2v) is 11.8. The SMILES string of the molecule is Cc1cccc(C)c1S(OS(=O)(=O)c1c(F)cccc1F)(c1ccccc1)c1ccccc1. The second-order valence-electron chi connectivity index (χ2n) is 7.48. The van der Waals surface area contributed by atoms with Crippen LogP contribution in [0.25, 0.3) is 0 Å². The first-order valence-electron chi connectivity index (χ1n) is 10.2. The molecule has 3 nitrogen and oxygen atoms in total. The van der Waals surface area contributed by atoms with Gasteiger partial charge in [0.15, 0.2) is 4.90 Å². The predicted octanol–water partition coefficient (Wildman–Crippen LogP) is 7.18. The minimum Gasteiger partial charge on any atom is -0.205 e. The van der Waals surface area contributed by atoms with Crippen LogP contribution < -0.4 is 0 Å². The summed E-state index contributed by atoms with van der Waals surface area (Å²) in [6, 6.07) is 26.4. The lowest BCUT2D eigenvalue weighted by atomic mass is 10.2. The molecular formula is C26H22F2O3S2. The minimum absolute atomic E-state index is 0.592. The average Bonchev–Trinajstić information content (AvgIpc) is 2.79. The molecule has 0 heterocycles. The van der Waals surface area contributed by atoms with Crippen LogP contribution in [-0.4, -0.2) is 8.42 Å². The molecule has 0 bridgehead atoms. The van der Waals surface area contributed by atoms with Crippen LogP contribution in [0.1, 0.15) is 11.1 Å². The smallest absolute Gasteiger partial charge is 0.205 e. The standard InChI is InChI=1S/C26H22F2O3S2/c1-19-11-9-12-20(2)25(19)32(21-13-5-3-6-14-21,22-15-7-4-8-16-22)31-33(29,30)26-23(27)17-10-18-24(26)28/h3-18H,1-2H3. The summed E-state index contributed by atoms with van der Waals surface area (Å²) in [6.45, 7) is 3.74. The third kappa shape index (κ3) is 4.19. The molecule has 0 aliphatic rings. The average molecular weight is 485 g/mol. The molecule has 0 aliphatic carbocycles. The number of aryl methyl sites for hydroxylation is 2. The van der Waals surface area contributed by atoms with Crippen LogP contribution in [0.5, 0.6) is 0 Å². The van der Waals surface area contributed by atoms with E-state index in [1.54, 1.807) is 48.5 Å². The molecule has 0 spiro atoms. The predicted molar refractivity (Wildman–Crippen MR) is 126 cm³/mol. The maximum Gasteiger partial charge on any atom is 0.313 e. The Morgan fingerprint density at radius 2 is 1.00 bits per heavy atom. The third-order valence-electron chi connectivity index (χ3n) is 5.21. The normalized spacial score (nSPS) is 12.5. The van der Waals surface area contributed by atoms with E-state index < -0.39 is 37.0 Å². The summed E-state index contributed by atoms with van der Waals surface area (Å²) in [5, 5.41) is 0. The summed E-state index contributed by atoms with van der Waals surface area (Å²) in [5.41, 5.74) is 1.61. The lowest BCUT2D eigenvalue weighted by molar-refractivity contribution is 0.474. The van der Waals surface area contributed by atoms with Crippen molar-refractivity contribution in [2.75, 3.05) is 0 Å². The van der Waals surface area contributed by atoms with Gasteiger partial charge in [0, 0.05) is 14.7 Å². The van der Waals surface area contributed by atoms with E-state index in [9.17, 15) is 17.2 Å². The van der Waals surface area contributed by atoms with E-state index >= 15 is 0 Å². The van der Waals surface area contributed by atoms with Gasteiger partial charge in [0.05, 0.1) is 0 Å². The number of hydrogen-bond donors (Lipinski definition) is 0. The highest BCUT2D eigenvalue weighted by atomic mass is 32.3. The molecule has 7 heteroatoms. The molecule has 33 heavy (non-hydrogen) atoms. The molecule has 0 aliphatic heterocycles. The van der Waals surface area contributed by atoms with Crippen LogP contribution in [0.2, 0.25) is 0 Å². The fraction of sp³-hybridized carbons (Fsp3) is 0.0769. The van der Waals surface area contributed by atoms with Crippen molar-refractivity contribution in [2.45, 2.75) is 33.4 Å². The van der Waals surface area contributed by atoms with Crippen molar-refractivity contribution < 1.29 is 20.8 Å². The summed E-state index contributed by atoms with van der Waals surface area (Å²) >= 11 is 0. The van der Waals surface area contributed by atoms with Crippen molar-refractivity contribution in [3.63, 3.8) is 0 Å². The van der Waals surface area contributed by atoms with Crippen molar-refractivity contribution in [1.82, 2.24) is 0 Å². The molecule has 0 atom stereocenters. The molecule has 4 rings (SSSR count). The Bertz CT molecular complexity index is 1310. The van der Waals surface area contributed by atoms with Gasteiger partial charge in [-0.05, 0) is 71.7 Å². The summed E-state index contributed by atoms with van der Waals surface area (Å²) in [6.07, 6.45) is 0. The molecule has 0 fully saturated rings. The van der Waals surface area contributed by atoms with Gasteiger partial charge in [0.1, 0.15) is 11.6 Å². The van der Waals surface area contributed by atoms with Crippen LogP contribution in [0.3, 0.4) is 0 Å². The maximum atomic E-state index is 14.6. The molecule has 4 aromatic carbocycles. The maximum absolute atomic E-state index is 14.6. The minimum atomic E-state index is -4.87. The Hall–Kier alpha value is -3.00. The summed E-state index contributed by atoms with van der Waals surface area (Å²) in [4.78, 5) is 0.755. The van der Waals surface area contributed by atoms with E-state index in [2.05, 4.69) is 0 Å². The van der Waals surface area contributed by atoms with Gasteiger partial charge in [0.25, 0.3) is 0 Å². The monoisotopic (exact) mass is 484 g/mol. The van der Waals surface area contributed by atoms with Crippen LogP contribution >= 0.6 is 10.3 Å². The van der Waals surface area contributed by atoms with Gasteiger partial charge in [-0.25, -0.2) is 12.4 Å². The topological polar surface area (TPSA) is 43.4 Å². The summed E-state index contributed by atoms with van der Waals surface area (Å²) in [5.74, 6) is -2.41. The molecule has 170 valence electrons. The van der Waals surface area contributed by atoms with Crippen molar-refractivity contribution in [2.24, 2.45) is 0 Å². The lowest BCUT2D eigenvalue weighted by Gasteiger charge is -2.41. The first-order valence-corrected chi connectivity index (χ1v) is 13.1. The molecule has 0 N–H and O–H groups in total. The zero-order chi connectivity index (χ0) is 23.6. The quantitative estimate of drug-likeness (QED) is 0.291. The molecular weight excluding hydrogens is 462 g/mol. The van der Waals surface area contributed by atoms with Gasteiger partial charge in [-0.3, -0.25) is 0 Å². The van der Waals surface area contributed by atoms with E-state index in [0.717, 1.165) is 29.3 Å². The fourth-order valence-corrected chi connectivity index (χ4v) is 9.58. The third-order valence-corrected chi connectivity index (χ3v) is 10.7. The van der Waals surface area contributed by atoms with Gasteiger partial charge in [0.2, 0.25) is 0 Å². The van der Waals surface area contributed by atoms with Crippen molar-refractivity contribution in [1.29, 1.82) is 0 Å². The summed E-state index contributed by atoms with van der Waals surface area (Å²) < 4.78 is 62.4. The van der Waals surface area contributed by atoms with Crippen LogP contribution in [0.4, 0.5) is 8.78 Å². The molecule has 0 aromatic heterocycles. The van der Waals surface area contributed by atoms with E-state index in [4.69, 9.17) is 3.63 Å². The Morgan fingerprint density at radius 3 is 1.45 bits per heavy atom. The fourth-order valence-electron chi connectivity index (χ4n) is 3.85. The van der Waals surface area contributed by atoms with Crippen LogP contribution in [-0.2, 0) is 13.7 Å². The van der Waals surface area contributed by atoms with Gasteiger partial charge in [-0.15, -0.1) is 0 Å². The highest BCUT2D eigenvalue weighted by Crippen LogP contribution is 2.71. The number of benzene rings is 4. The molecule has 0 saturated heterocycles. The molecule has 4 aromatic rings. The van der Waals surface area contributed by atoms with Crippen LogP contribution in [0, 0.1) is 25.5 Å². The van der Waals surface area contributed by atoms with Crippen molar-refractivity contribution >= 4 is 20.4 Å². The van der Waals surface area contributed by atoms with E-state index in [-0.39, 0.29) is 0 Å². The van der Waals surface area contributed by atoms with Crippen molar-refractivity contribution in [3.8, 4) is 0 Å². The molecule has 0 amide bonds. The molecule has 0 saturated carbocycles. The van der Waals surface area contributed by atoms with Gasteiger partial charge >= 0.3 is 10.1 Å². The van der Waals surface area contributed by atoms with E-state index in [1.165, 1.54) is 0 Å². The van der Waals surface area contributed by atoms with E-state index in [1.807, 2.05) is 44.2 Å². The first-order chi connectivity index (χ1) is 15.8. The highest BCUT2D eigenvalue weighted by molar-refractivity contribution is 8.33. The van der Waals surface area contributed by atoms with Crippen LogP contribution in [0.15, 0.2) is 117 Å². The Kier molecular flexibility index (Phi) is 6.38. The number of rotatable bonds is 6. The van der Waals surface area contributed by atoms with Gasteiger partial charge in [-0.1, -0.05) is 60.7 Å². The second kappa shape index (κ2) is 9.09. The Morgan fingerprint density at radius 1 is 0.576 bits per heavy atom. The number of halogens is 2. The van der Waals surface area contributed by atoms with Crippen molar-refractivity contribution in [3.05, 3.63) is 120 Å². The number of hydrogen-bond acceptors (Lipinski definition) is 3. The summed E-state index contributed by atoms with van der Waals surface area (Å²) in [7, 11) is -7.82. The zero-order valence-corrected chi connectivity index (χ0v) is 19.7. The van der Waals surface area contributed by atoms with Gasteiger partial charge in [-0.2, -0.15) is 8.42 Å².